The third-order valence-corrected chi connectivity index (χ3v) is 6.95. The number of fused-ring (bicyclic) bond motifs is 1. The van der Waals surface area contributed by atoms with Crippen molar-refractivity contribution in [1.82, 2.24) is 20.5 Å². The van der Waals surface area contributed by atoms with Gasteiger partial charge in [0.2, 0.25) is 0 Å². The van der Waals surface area contributed by atoms with Crippen molar-refractivity contribution in [2.24, 2.45) is 10.9 Å². The minimum atomic E-state index is -0.685. The fourth-order valence-corrected chi connectivity index (χ4v) is 5.26. The third-order valence-electron chi connectivity index (χ3n) is 5.49. The van der Waals surface area contributed by atoms with E-state index in [-0.39, 0.29) is 18.6 Å². The zero-order chi connectivity index (χ0) is 23.5. The molecule has 0 bridgehead atoms. The molecule has 2 N–H and O–H groups in total. The van der Waals surface area contributed by atoms with Gasteiger partial charge in [0.25, 0.3) is 0 Å². The van der Waals surface area contributed by atoms with Gasteiger partial charge in [-0.2, -0.15) is 0 Å². The number of urea groups is 1. The SMILES string of the molecule is CCOC(=O)C1=C2C[C@@H](CNC(=O)NC)CN2C(c2nccs2)=N[C@H]1c1ccc(F)cc1Br. The highest BCUT2D eigenvalue weighted by molar-refractivity contribution is 9.10. The summed E-state index contributed by atoms with van der Waals surface area (Å²) in [5, 5.41) is 7.98. The number of aliphatic imine (C=N–C) groups is 1. The van der Waals surface area contributed by atoms with E-state index in [4.69, 9.17) is 9.73 Å². The van der Waals surface area contributed by atoms with Crippen LogP contribution in [0.2, 0.25) is 0 Å². The summed E-state index contributed by atoms with van der Waals surface area (Å²) in [7, 11) is 1.56. The van der Waals surface area contributed by atoms with E-state index in [1.807, 2.05) is 10.3 Å². The Hall–Kier alpha value is -2.79. The number of aromatic nitrogens is 1. The van der Waals surface area contributed by atoms with Crippen LogP contribution in [0.15, 0.2) is 50.5 Å². The molecule has 3 heterocycles. The number of carbonyl (C=O) groups excluding carboxylic acids is 2. The monoisotopic (exact) mass is 535 g/mol. The highest BCUT2D eigenvalue weighted by Gasteiger charge is 2.42. The zero-order valence-corrected chi connectivity index (χ0v) is 20.5. The molecule has 1 aromatic carbocycles. The molecular formula is C22H23BrFN5O3S. The van der Waals surface area contributed by atoms with Crippen molar-refractivity contribution in [3.8, 4) is 0 Å². The van der Waals surface area contributed by atoms with E-state index in [1.54, 1.807) is 26.2 Å². The predicted octanol–water partition coefficient (Wildman–Crippen LogP) is 3.61. The molecule has 2 aliphatic rings. The van der Waals surface area contributed by atoms with Crippen LogP contribution in [0.4, 0.5) is 9.18 Å². The van der Waals surface area contributed by atoms with Crippen LogP contribution in [0, 0.1) is 11.7 Å². The van der Waals surface area contributed by atoms with Crippen LogP contribution in [-0.2, 0) is 9.53 Å². The summed E-state index contributed by atoms with van der Waals surface area (Å²) in [5.74, 6) is -0.140. The van der Waals surface area contributed by atoms with E-state index in [0.29, 0.717) is 41.0 Å². The summed E-state index contributed by atoms with van der Waals surface area (Å²) >= 11 is 4.89. The Bertz CT molecular complexity index is 1120. The number of hydrogen-bond acceptors (Lipinski definition) is 7. The number of hydrogen-bond donors (Lipinski definition) is 2. The van der Waals surface area contributed by atoms with Crippen molar-refractivity contribution in [3.63, 3.8) is 0 Å². The van der Waals surface area contributed by atoms with E-state index >= 15 is 0 Å². The Kier molecular flexibility index (Phi) is 7.08. The minimum absolute atomic E-state index is 0.0577. The lowest BCUT2D eigenvalue weighted by atomic mass is 9.94. The summed E-state index contributed by atoms with van der Waals surface area (Å²) in [5.41, 5.74) is 1.87. The van der Waals surface area contributed by atoms with Gasteiger partial charge < -0.3 is 20.3 Å². The van der Waals surface area contributed by atoms with Gasteiger partial charge in [0.1, 0.15) is 11.9 Å². The molecule has 2 amide bonds. The number of nitrogens with one attached hydrogen (secondary N) is 2. The molecule has 1 fully saturated rings. The fourth-order valence-electron chi connectivity index (χ4n) is 4.05. The lowest BCUT2D eigenvalue weighted by molar-refractivity contribution is -0.139. The van der Waals surface area contributed by atoms with Gasteiger partial charge in [0, 0.05) is 41.9 Å². The maximum atomic E-state index is 13.8. The second-order valence-corrected chi connectivity index (χ2v) is 9.33. The molecule has 4 rings (SSSR count). The molecule has 1 aromatic heterocycles. The third kappa shape index (κ3) is 4.79. The van der Waals surface area contributed by atoms with Gasteiger partial charge in [-0.3, -0.25) is 4.99 Å². The summed E-state index contributed by atoms with van der Waals surface area (Å²) in [6.45, 7) is 2.98. The summed E-state index contributed by atoms with van der Waals surface area (Å²) in [6.07, 6.45) is 2.26. The van der Waals surface area contributed by atoms with Crippen LogP contribution in [-0.4, -0.2) is 54.5 Å². The Morgan fingerprint density at radius 1 is 1.39 bits per heavy atom. The van der Waals surface area contributed by atoms with Gasteiger partial charge >= 0.3 is 12.0 Å². The molecule has 0 radical (unpaired) electrons. The van der Waals surface area contributed by atoms with Gasteiger partial charge in [-0.15, -0.1) is 11.3 Å². The van der Waals surface area contributed by atoms with E-state index in [2.05, 4.69) is 31.5 Å². The van der Waals surface area contributed by atoms with E-state index in [0.717, 1.165) is 10.7 Å². The van der Waals surface area contributed by atoms with Crippen LogP contribution >= 0.6 is 27.3 Å². The number of thiazole rings is 1. The standard InChI is InChI=1S/C22H23BrFN5O3S/c1-3-32-21(30)17-16-8-12(10-27-22(31)25-2)11-29(16)19(20-26-6-7-33-20)28-18(17)14-5-4-13(24)9-15(14)23/h4-7,9,12,18H,3,8,10-11H2,1-2H3,(H2,25,27,31)/t12-,18-/m0/s1. The lowest BCUT2D eigenvalue weighted by Crippen LogP contribution is -2.38. The second-order valence-electron chi connectivity index (χ2n) is 7.58. The highest BCUT2D eigenvalue weighted by Crippen LogP contribution is 2.43. The number of carbonyl (C=O) groups is 2. The van der Waals surface area contributed by atoms with Crippen molar-refractivity contribution in [1.29, 1.82) is 0 Å². The number of nitrogens with zero attached hydrogens (tertiary/aromatic N) is 3. The number of benzene rings is 1. The van der Waals surface area contributed by atoms with Crippen molar-refractivity contribution in [2.75, 3.05) is 26.7 Å². The number of amides is 2. The minimum Gasteiger partial charge on any atom is -0.463 e. The number of halogens is 2. The van der Waals surface area contributed by atoms with Crippen LogP contribution in [0.1, 0.15) is 30.0 Å². The molecule has 11 heteroatoms. The zero-order valence-electron chi connectivity index (χ0n) is 18.1. The number of esters is 1. The smallest absolute Gasteiger partial charge is 0.338 e. The normalized spacial score (nSPS) is 19.8. The number of ether oxygens (including phenoxy) is 1. The Morgan fingerprint density at radius 3 is 2.88 bits per heavy atom. The van der Waals surface area contributed by atoms with Crippen molar-refractivity contribution in [3.05, 3.63) is 61.9 Å². The largest absolute Gasteiger partial charge is 0.463 e. The van der Waals surface area contributed by atoms with Crippen LogP contribution in [0.25, 0.3) is 0 Å². The first-order valence-corrected chi connectivity index (χ1v) is 12.2. The lowest BCUT2D eigenvalue weighted by Gasteiger charge is -2.32. The molecule has 2 aromatic rings. The Labute approximate surface area is 203 Å². The van der Waals surface area contributed by atoms with E-state index < -0.39 is 17.8 Å². The number of allylic oxidation sites excluding steroid dienone is 1. The van der Waals surface area contributed by atoms with Crippen LogP contribution in [0.3, 0.4) is 0 Å². The summed E-state index contributed by atoms with van der Waals surface area (Å²) < 4.78 is 19.7. The van der Waals surface area contributed by atoms with E-state index in [9.17, 15) is 14.0 Å². The van der Waals surface area contributed by atoms with Crippen molar-refractivity contribution >= 4 is 45.1 Å². The molecule has 2 aliphatic heterocycles. The van der Waals surface area contributed by atoms with Gasteiger partial charge in [0.05, 0.1) is 12.2 Å². The van der Waals surface area contributed by atoms with Crippen molar-refractivity contribution in [2.45, 2.75) is 19.4 Å². The molecule has 0 saturated carbocycles. The predicted molar refractivity (Wildman–Crippen MR) is 126 cm³/mol. The van der Waals surface area contributed by atoms with Crippen LogP contribution in [0.5, 0.6) is 0 Å². The number of amidine groups is 1. The molecule has 1 saturated heterocycles. The topological polar surface area (TPSA) is 95.9 Å². The molecule has 33 heavy (non-hydrogen) atoms. The first-order chi connectivity index (χ1) is 15.9. The molecular weight excluding hydrogens is 513 g/mol. The summed E-state index contributed by atoms with van der Waals surface area (Å²) in [4.78, 5) is 36.2. The Morgan fingerprint density at radius 2 is 2.21 bits per heavy atom. The van der Waals surface area contributed by atoms with Gasteiger partial charge in [0.15, 0.2) is 10.8 Å². The van der Waals surface area contributed by atoms with Gasteiger partial charge in [-0.25, -0.2) is 19.0 Å². The van der Waals surface area contributed by atoms with Crippen LogP contribution < -0.4 is 10.6 Å². The van der Waals surface area contributed by atoms with Gasteiger partial charge in [-0.05, 0) is 37.0 Å². The maximum absolute atomic E-state index is 13.8. The van der Waals surface area contributed by atoms with E-state index in [1.165, 1.54) is 23.5 Å². The quantitative estimate of drug-likeness (QED) is 0.550. The van der Waals surface area contributed by atoms with Gasteiger partial charge in [-0.1, -0.05) is 22.0 Å². The summed E-state index contributed by atoms with van der Waals surface area (Å²) in [6, 6.07) is 3.39. The highest BCUT2D eigenvalue weighted by atomic mass is 79.9. The second kappa shape index (κ2) is 10.0. The molecule has 0 unspecified atom stereocenters. The average Bonchev–Trinajstić information content (AvgIpc) is 3.47. The van der Waals surface area contributed by atoms with Crippen molar-refractivity contribution < 1.29 is 18.7 Å². The molecule has 8 nitrogen and oxygen atoms in total. The molecule has 2 atom stereocenters. The first-order valence-electron chi connectivity index (χ1n) is 10.5. The molecule has 0 aliphatic carbocycles. The molecule has 0 spiro atoms. The Balaban J connectivity index is 1.81. The molecule has 174 valence electrons. The number of rotatable bonds is 6. The fraction of sp³-hybridized carbons (Fsp3) is 0.364. The first kappa shape index (κ1) is 23.4. The average molecular weight is 536 g/mol. The maximum Gasteiger partial charge on any atom is 0.338 e.